The maximum atomic E-state index is 5.90. The molecule has 5 nitrogen and oxygen atoms in total. The van der Waals surface area contributed by atoms with E-state index in [-0.39, 0.29) is 6.10 Å². The lowest BCUT2D eigenvalue weighted by molar-refractivity contribution is 0.240. The SMILES string of the molecule is CC(C)Oc1ccccc1CN=C(N)Nc1cccc(Br)n1. The number of nitrogens with two attached hydrogens (primary N) is 1. The van der Waals surface area contributed by atoms with Crippen LogP contribution in [0.4, 0.5) is 5.82 Å². The number of nitrogens with zero attached hydrogens (tertiary/aromatic N) is 2. The molecule has 0 unspecified atom stereocenters. The smallest absolute Gasteiger partial charge is 0.194 e. The molecule has 0 aliphatic heterocycles. The number of halogens is 1. The van der Waals surface area contributed by atoms with Crippen molar-refractivity contribution in [2.75, 3.05) is 5.32 Å². The Morgan fingerprint density at radius 1 is 1.27 bits per heavy atom. The van der Waals surface area contributed by atoms with E-state index in [0.29, 0.717) is 18.3 Å². The summed E-state index contributed by atoms with van der Waals surface area (Å²) in [5, 5.41) is 2.96. The monoisotopic (exact) mass is 362 g/mol. The number of aromatic nitrogens is 1. The van der Waals surface area contributed by atoms with Crippen LogP contribution in [0.15, 0.2) is 52.1 Å². The molecule has 0 amide bonds. The second kappa shape index (κ2) is 7.79. The average molecular weight is 363 g/mol. The number of hydrogen-bond acceptors (Lipinski definition) is 3. The van der Waals surface area contributed by atoms with Crippen molar-refractivity contribution in [2.24, 2.45) is 10.7 Å². The first kappa shape index (κ1) is 16.3. The van der Waals surface area contributed by atoms with Gasteiger partial charge in [-0.05, 0) is 48.0 Å². The van der Waals surface area contributed by atoms with Gasteiger partial charge in [-0.25, -0.2) is 9.98 Å². The Balaban J connectivity index is 2.04. The van der Waals surface area contributed by atoms with Crippen LogP contribution in [0, 0.1) is 0 Å². The standard InChI is InChI=1S/C16H19BrN4O/c1-11(2)22-13-7-4-3-6-12(13)10-19-16(18)21-15-9-5-8-14(17)20-15/h3-9,11H,10H2,1-2H3,(H3,18,19,20,21). The molecule has 22 heavy (non-hydrogen) atoms. The van der Waals surface area contributed by atoms with Crippen LogP contribution in [0.1, 0.15) is 19.4 Å². The lowest BCUT2D eigenvalue weighted by Crippen LogP contribution is -2.23. The van der Waals surface area contributed by atoms with Crippen LogP contribution < -0.4 is 15.8 Å². The highest BCUT2D eigenvalue weighted by Crippen LogP contribution is 2.20. The van der Waals surface area contributed by atoms with Crippen LogP contribution in [0.25, 0.3) is 0 Å². The number of hydrogen-bond donors (Lipinski definition) is 2. The maximum Gasteiger partial charge on any atom is 0.194 e. The minimum atomic E-state index is 0.117. The fourth-order valence-electron chi connectivity index (χ4n) is 1.82. The summed E-state index contributed by atoms with van der Waals surface area (Å²) in [7, 11) is 0. The molecule has 1 aromatic heterocycles. The highest BCUT2D eigenvalue weighted by Gasteiger charge is 2.05. The minimum Gasteiger partial charge on any atom is -0.491 e. The summed E-state index contributed by atoms with van der Waals surface area (Å²) in [6.07, 6.45) is 0.117. The van der Waals surface area contributed by atoms with Gasteiger partial charge in [0.05, 0.1) is 12.6 Å². The van der Waals surface area contributed by atoms with Crippen LogP contribution in [-0.2, 0) is 6.54 Å². The Morgan fingerprint density at radius 3 is 2.77 bits per heavy atom. The third-order valence-corrected chi connectivity index (χ3v) is 3.17. The molecule has 0 atom stereocenters. The number of ether oxygens (including phenoxy) is 1. The number of nitrogens with one attached hydrogen (secondary N) is 1. The summed E-state index contributed by atoms with van der Waals surface area (Å²) in [5.41, 5.74) is 6.89. The van der Waals surface area contributed by atoms with E-state index in [1.165, 1.54) is 0 Å². The zero-order valence-electron chi connectivity index (χ0n) is 12.6. The molecule has 2 rings (SSSR count). The molecule has 3 N–H and O–H groups in total. The van der Waals surface area contributed by atoms with Crippen LogP contribution in [0.3, 0.4) is 0 Å². The van der Waals surface area contributed by atoms with Gasteiger partial charge in [0, 0.05) is 5.56 Å². The van der Waals surface area contributed by atoms with Crippen LogP contribution in [0.5, 0.6) is 5.75 Å². The lowest BCUT2D eigenvalue weighted by atomic mass is 10.2. The fourth-order valence-corrected chi connectivity index (χ4v) is 2.17. The van der Waals surface area contributed by atoms with E-state index < -0.39 is 0 Å². The maximum absolute atomic E-state index is 5.90. The quantitative estimate of drug-likeness (QED) is 0.484. The number of para-hydroxylation sites is 1. The highest BCUT2D eigenvalue weighted by molar-refractivity contribution is 9.10. The average Bonchev–Trinajstić information content (AvgIpc) is 2.46. The molecule has 1 aromatic carbocycles. The zero-order valence-corrected chi connectivity index (χ0v) is 14.2. The summed E-state index contributed by atoms with van der Waals surface area (Å²) in [4.78, 5) is 8.58. The third kappa shape index (κ3) is 5.04. The predicted molar refractivity (Wildman–Crippen MR) is 93.1 cm³/mol. The van der Waals surface area contributed by atoms with Crippen molar-refractivity contribution in [3.05, 3.63) is 52.6 Å². The highest BCUT2D eigenvalue weighted by atomic mass is 79.9. The first-order chi connectivity index (χ1) is 10.5. The van der Waals surface area contributed by atoms with Gasteiger partial charge in [0.25, 0.3) is 0 Å². The molecule has 6 heteroatoms. The summed E-state index contributed by atoms with van der Waals surface area (Å²) in [6, 6.07) is 13.4. The molecule has 116 valence electrons. The normalized spacial score (nSPS) is 11.5. The van der Waals surface area contributed by atoms with Gasteiger partial charge in [-0.15, -0.1) is 0 Å². The third-order valence-electron chi connectivity index (χ3n) is 2.73. The molecule has 0 aliphatic carbocycles. The molecule has 0 spiro atoms. The summed E-state index contributed by atoms with van der Waals surface area (Å²) in [6.45, 7) is 4.43. The van der Waals surface area contributed by atoms with Gasteiger partial charge in [0.1, 0.15) is 16.2 Å². The Hall–Kier alpha value is -2.08. The molecule has 0 bridgehead atoms. The lowest BCUT2D eigenvalue weighted by Gasteiger charge is -2.13. The number of aliphatic imine (C=N–C) groups is 1. The van der Waals surface area contributed by atoms with Gasteiger partial charge in [0.15, 0.2) is 5.96 Å². The first-order valence-corrected chi connectivity index (χ1v) is 7.78. The molecule has 0 aliphatic rings. The summed E-state index contributed by atoms with van der Waals surface area (Å²) < 4.78 is 6.50. The number of rotatable bonds is 5. The van der Waals surface area contributed by atoms with Crippen molar-refractivity contribution >= 4 is 27.7 Å². The van der Waals surface area contributed by atoms with Gasteiger partial charge in [-0.3, -0.25) is 0 Å². The number of guanidine groups is 1. The van der Waals surface area contributed by atoms with Crippen molar-refractivity contribution in [2.45, 2.75) is 26.5 Å². The van der Waals surface area contributed by atoms with Crippen molar-refractivity contribution in [3.63, 3.8) is 0 Å². The van der Waals surface area contributed by atoms with Crippen molar-refractivity contribution in [1.82, 2.24) is 4.98 Å². The van der Waals surface area contributed by atoms with Gasteiger partial charge in [-0.1, -0.05) is 24.3 Å². The molecule has 0 saturated carbocycles. The molecule has 0 fully saturated rings. The van der Waals surface area contributed by atoms with Gasteiger partial charge in [0.2, 0.25) is 0 Å². The van der Waals surface area contributed by atoms with Gasteiger partial charge < -0.3 is 15.8 Å². The topological polar surface area (TPSA) is 72.5 Å². The molecule has 1 heterocycles. The Kier molecular flexibility index (Phi) is 5.77. The molecular weight excluding hydrogens is 344 g/mol. The van der Waals surface area contributed by atoms with E-state index in [0.717, 1.165) is 15.9 Å². The Labute approximate surface area is 138 Å². The first-order valence-electron chi connectivity index (χ1n) is 6.98. The van der Waals surface area contributed by atoms with Crippen molar-refractivity contribution in [1.29, 1.82) is 0 Å². The van der Waals surface area contributed by atoms with Crippen molar-refractivity contribution in [3.8, 4) is 5.75 Å². The largest absolute Gasteiger partial charge is 0.491 e. The molecular formula is C16H19BrN4O. The number of benzene rings is 1. The van der Waals surface area contributed by atoms with Crippen LogP contribution in [0.2, 0.25) is 0 Å². The molecule has 2 aromatic rings. The zero-order chi connectivity index (χ0) is 15.9. The predicted octanol–water partition coefficient (Wildman–Crippen LogP) is 3.56. The van der Waals surface area contributed by atoms with E-state index in [9.17, 15) is 0 Å². The van der Waals surface area contributed by atoms with E-state index in [1.54, 1.807) is 0 Å². The Morgan fingerprint density at radius 2 is 2.05 bits per heavy atom. The summed E-state index contributed by atoms with van der Waals surface area (Å²) in [5.74, 6) is 1.78. The number of anilines is 1. The fraction of sp³-hybridized carbons (Fsp3) is 0.250. The van der Waals surface area contributed by atoms with Crippen LogP contribution in [-0.4, -0.2) is 17.0 Å². The molecule has 0 radical (unpaired) electrons. The van der Waals surface area contributed by atoms with Crippen molar-refractivity contribution < 1.29 is 4.74 Å². The van der Waals surface area contributed by atoms with E-state index in [4.69, 9.17) is 10.5 Å². The summed E-state index contributed by atoms with van der Waals surface area (Å²) >= 11 is 3.31. The van der Waals surface area contributed by atoms with Gasteiger partial charge in [-0.2, -0.15) is 0 Å². The van der Waals surface area contributed by atoms with E-state index in [1.807, 2.05) is 56.3 Å². The second-order valence-electron chi connectivity index (χ2n) is 4.95. The van der Waals surface area contributed by atoms with Crippen LogP contribution >= 0.6 is 15.9 Å². The Bertz CT molecular complexity index is 658. The number of pyridine rings is 1. The second-order valence-corrected chi connectivity index (χ2v) is 5.76. The van der Waals surface area contributed by atoms with Gasteiger partial charge >= 0.3 is 0 Å². The van der Waals surface area contributed by atoms with E-state index >= 15 is 0 Å². The van der Waals surface area contributed by atoms with E-state index in [2.05, 4.69) is 31.2 Å². The minimum absolute atomic E-state index is 0.117. The molecule has 0 saturated heterocycles.